The second-order valence-corrected chi connectivity index (χ2v) is 10.3. The second-order valence-electron chi connectivity index (χ2n) is 10.3. The average molecular weight is 511 g/mol. The predicted octanol–water partition coefficient (Wildman–Crippen LogP) is 5.59. The first kappa shape index (κ1) is 30.2. The molecule has 1 unspecified atom stereocenters. The Bertz CT molecular complexity index is 1040. The van der Waals surface area contributed by atoms with Crippen LogP contribution < -0.4 is 15.8 Å². The Hall–Kier alpha value is -3.06. The molecule has 0 fully saturated rings. The van der Waals surface area contributed by atoms with Crippen LogP contribution >= 0.6 is 0 Å². The summed E-state index contributed by atoms with van der Waals surface area (Å²) in [5.74, 6) is -0.129. The summed E-state index contributed by atoms with van der Waals surface area (Å²) in [5, 5.41) is 13.1. The third-order valence-corrected chi connectivity index (χ3v) is 6.69. The highest BCUT2D eigenvalue weighted by Gasteiger charge is 2.37. The van der Waals surface area contributed by atoms with Crippen molar-refractivity contribution in [3.05, 3.63) is 70.8 Å². The molecule has 7 nitrogen and oxygen atoms in total. The highest BCUT2D eigenvalue weighted by atomic mass is 16.5. The number of nitrogens with zero attached hydrogens (tertiary/aromatic N) is 2. The van der Waals surface area contributed by atoms with Crippen molar-refractivity contribution in [1.82, 2.24) is 15.2 Å². The number of fused-ring (bicyclic) bond motifs is 1. The molecule has 2 heterocycles. The molecule has 0 saturated carbocycles. The van der Waals surface area contributed by atoms with Gasteiger partial charge in [-0.3, -0.25) is 14.7 Å². The number of allylic oxidation sites excluding steroid dienone is 1. The molecule has 0 saturated heterocycles. The molecule has 3 rings (SSSR count). The summed E-state index contributed by atoms with van der Waals surface area (Å²) >= 11 is 0. The molecule has 7 heteroatoms. The molecular weight excluding hydrogens is 464 g/mol. The minimum atomic E-state index is -0.926. The van der Waals surface area contributed by atoms with Crippen molar-refractivity contribution in [2.24, 2.45) is 11.1 Å². The first-order valence-corrected chi connectivity index (χ1v) is 13.4. The largest absolute Gasteiger partial charge is 0.490 e. The van der Waals surface area contributed by atoms with Gasteiger partial charge in [-0.25, -0.2) is 0 Å². The number of carboxylic acids is 1. The molecule has 1 atom stereocenters. The third kappa shape index (κ3) is 8.78. The Labute approximate surface area is 223 Å². The van der Waals surface area contributed by atoms with Crippen LogP contribution in [0.3, 0.4) is 0 Å². The molecule has 2 aromatic rings. The molecule has 1 aliphatic heterocycles. The summed E-state index contributed by atoms with van der Waals surface area (Å²) in [6.45, 7) is 15.7. The van der Waals surface area contributed by atoms with Gasteiger partial charge in [0.15, 0.2) is 0 Å². The van der Waals surface area contributed by atoms with Crippen molar-refractivity contribution in [3.8, 4) is 5.75 Å². The predicted molar refractivity (Wildman–Crippen MR) is 150 cm³/mol. The Morgan fingerprint density at radius 3 is 2.70 bits per heavy atom. The van der Waals surface area contributed by atoms with Crippen molar-refractivity contribution < 1.29 is 14.6 Å². The van der Waals surface area contributed by atoms with Gasteiger partial charge in [0.25, 0.3) is 0 Å². The smallest absolute Gasteiger partial charge is 0.309 e. The standard InChI is InChI=1S/C27H38N4O3.C3H8/c1-5-29-16-22(28)10-11-23(27(3,4)26(32)33)20-9-8-19(2)21(15-20)17-31-13-14-34-25-7-6-12-30-24(25)18-31;1-3-2/h6-9,12,15-16,23,29H,5,10-11,13-14,17-18,28H2,1-4H3,(H,32,33);3H2,1-2H3/b22-16-;. The number of aliphatic carboxylic acids is 1. The zero-order chi connectivity index (χ0) is 27.4. The van der Waals surface area contributed by atoms with Crippen LogP contribution in [0, 0.1) is 12.3 Å². The van der Waals surface area contributed by atoms with Gasteiger partial charge in [-0.2, -0.15) is 0 Å². The fourth-order valence-electron chi connectivity index (χ4n) is 4.41. The summed E-state index contributed by atoms with van der Waals surface area (Å²) in [7, 11) is 0. The number of carbonyl (C=O) groups is 1. The fourth-order valence-corrected chi connectivity index (χ4v) is 4.41. The lowest BCUT2D eigenvalue weighted by Crippen LogP contribution is -2.32. The Morgan fingerprint density at radius 2 is 2.03 bits per heavy atom. The van der Waals surface area contributed by atoms with Crippen LogP contribution in [-0.2, 0) is 17.9 Å². The number of benzene rings is 1. The van der Waals surface area contributed by atoms with E-state index in [1.54, 1.807) is 20.0 Å². The molecule has 1 aromatic heterocycles. The minimum absolute atomic E-state index is 0.173. The van der Waals surface area contributed by atoms with Gasteiger partial charge in [-0.05, 0) is 75.3 Å². The van der Waals surface area contributed by atoms with Crippen LogP contribution in [0.5, 0.6) is 5.75 Å². The van der Waals surface area contributed by atoms with Crippen molar-refractivity contribution in [1.29, 1.82) is 0 Å². The molecule has 0 aliphatic carbocycles. The molecule has 1 aliphatic rings. The van der Waals surface area contributed by atoms with Gasteiger partial charge >= 0.3 is 5.97 Å². The highest BCUT2D eigenvalue weighted by molar-refractivity contribution is 5.75. The normalized spacial score (nSPS) is 14.9. The topological polar surface area (TPSA) is 101 Å². The van der Waals surface area contributed by atoms with E-state index in [0.29, 0.717) is 19.4 Å². The second kappa shape index (κ2) is 14.6. The molecular formula is C30H46N4O3. The van der Waals surface area contributed by atoms with Crippen LogP contribution in [0.2, 0.25) is 0 Å². The number of aryl methyl sites for hydroxylation is 1. The lowest BCUT2D eigenvalue weighted by molar-refractivity contribution is -0.148. The SMILES string of the molecule is CCC.CCN/C=C(\N)CCC(c1ccc(C)c(CN2CCOc3cccnc3C2)c1)C(C)(C)C(=O)O. The molecule has 0 spiro atoms. The quantitative estimate of drug-likeness (QED) is 0.383. The lowest BCUT2D eigenvalue weighted by atomic mass is 9.72. The fraction of sp³-hybridized carbons (Fsp3) is 0.533. The van der Waals surface area contributed by atoms with Gasteiger partial charge in [-0.15, -0.1) is 0 Å². The van der Waals surface area contributed by atoms with Gasteiger partial charge in [0, 0.05) is 44.3 Å². The maximum atomic E-state index is 12.2. The van der Waals surface area contributed by atoms with Gasteiger partial charge in [0.1, 0.15) is 12.4 Å². The molecule has 0 amide bonds. The summed E-state index contributed by atoms with van der Waals surface area (Å²) in [4.78, 5) is 19.0. The molecule has 0 radical (unpaired) electrons. The van der Waals surface area contributed by atoms with Crippen molar-refractivity contribution in [2.75, 3.05) is 19.7 Å². The van der Waals surface area contributed by atoms with E-state index in [-0.39, 0.29) is 5.92 Å². The van der Waals surface area contributed by atoms with Crippen molar-refractivity contribution >= 4 is 5.97 Å². The number of hydrogen-bond donors (Lipinski definition) is 3. The van der Waals surface area contributed by atoms with Gasteiger partial charge in [0.2, 0.25) is 0 Å². The van der Waals surface area contributed by atoms with Crippen LogP contribution in [0.1, 0.15) is 82.2 Å². The van der Waals surface area contributed by atoms with Crippen molar-refractivity contribution in [3.63, 3.8) is 0 Å². The van der Waals surface area contributed by atoms with E-state index in [0.717, 1.165) is 48.9 Å². The number of pyridine rings is 1. The molecule has 1 aromatic carbocycles. The maximum Gasteiger partial charge on any atom is 0.309 e. The molecule has 4 N–H and O–H groups in total. The Balaban J connectivity index is 0.00000153. The van der Waals surface area contributed by atoms with E-state index in [9.17, 15) is 9.90 Å². The van der Waals surface area contributed by atoms with Crippen molar-refractivity contribution in [2.45, 2.75) is 79.8 Å². The van der Waals surface area contributed by atoms with Gasteiger partial charge < -0.3 is 20.9 Å². The van der Waals surface area contributed by atoms with E-state index in [2.05, 4.69) is 54.2 Å². The number of aromatic nitrogens is 1. The lowest BCUT2D eigenvalue weighted by Gasteiger charge is -2.32. The highest BCUT2D eigenvalue weighted by Crippen LogP contribution is 2.40. The monoisotopic (exact) mass is 510 g/mol. The summed E-state index contributed by atoms with van der Waals surface area (Å²) in [6, 6.07) is 10.2. The Kier molecular flexibility index (Phi) is 11.9. The number of carboxylic acid groups (broad SMARTS) is 1. The first-order valence-electron chi connectivity index (χ1n) is 13.4. The minimum Gasteiger partial charge on any atom is -0.490 e. The summed E-state index contributed by atoms with van der Waals surface area (Å²) in [5.41, 5.74) is 10.3. The van der Waals surface area contributed by atoms with Gasteiger partial charge in [-0.1, -0.05) is 38.5 Å². The van der Waals surface area contributed by atoms with E-state index < -0.39 is 11.4 Å². The number of nitrogens with two attached hydrogens (primary N) is 1. The zero-order valence-electron chi connectivity index (χ0n) is 23.5. The Morgan fingerprint density at radius 1 is 1.30 bits per heavy atom. The first-order chi connectivity index (χ1) is 17.6. The molecule has 0 bridgehead atoms. The van der Waals surface area contributed by atoms with Crippen LogP contribution in [0.4, 0.5) is 0 Å². The number of nitrogens with one attached hydrogen (secondary N) is 1. The third-order valence-electron chi connectivity index (χ3n) is 6.69. The summed E-state index contributed by atoms with van der Waals surface area (Å²) in [6.07, 6.45) is 6.15. The van der Waals surface area contributed by atoms with Gasteiger partial charge in [0.05, 0.1) is 11.1 Å². The van der Waals surface area contributed by atoms with Crippen LogP contribution in [0.25, 0.3) is 0 Å². The van der Waals surface area contributed by atoms with E-state index >= 15 is 0 Å². The number of ether oxygens (including phenoxy) is 1. The molecule has 37 heavy (non-hydrogen) atoms. The zero-order valence-corrected chi connectivity index (χ0v) is 23.5. The van der Waals surface area contributed by atoms with Crippen LogP contribution in [-0.4, -0.2) is 40.7 Å². The van der Waals surface area contributed by atoms with E-state index in [4.69, 9.17) is 10.5 Å². The average Bonchev–Trinajstić information content (AvgIpc) is 3.06. The van der Waals surface area contributed by atoms with E-state index in [1.807, 2.05) is 25.3 Å². The number of rotatable bonds is 10. The number of hydrogen-bond acceptors (Lipinski definition) is 6. The van der Waals surface area contributed by atoms with E-state index in [1.165, 1.54) is 17.5 Å². The molecule has 204 valence electrons. The summed E-state index contributed by atoms with van der Waals surface area (Å²) < 4.78 is 5.87. The van der Waals surface area contributed by atoms with Crippen LogP contribution in [0.15, 0.2) is 48.4 Å². The maximum absolute atomic E-state index is 12.2.